The molecule has 0 aliphatic carbocycles. The number of hydrogen-bond acceptors (Lipinski definition) is 2. The highest BCUT2D eigenvalue weighted by atomic mass is 35.5. The molecular weight excluding hydrogens is 277 g/mol. The lowest BCUT2D eigenvalue weighted by Crippen LogP contribution is -2.16. The fourth-order valence-electron chi connectivity index (χ4n) is 1.91. The van der Waals surface area contributed by atoms with Crippen molar-refractivity contribution in [1.82, 2.24) is 5.32 Å². The molecule has 1 atom stereocenters. The average Bonchev–Trinajstić information content (AvgIpc) is 2.46. The van der Waals surface area contributed by atoms with E-state index in [-0.39, 0.29) is 24.3 Å². The van der Waals surface area contributed by atoms with Gasteiger partial charge in [-0.1, -0.05) is 30.3 Å². The first-order valence-electron chi connectivity index (χ1n) is 6.41. The minimum Gasteiger partial charge on any atom is -0.486 e. The molecule has 20 heavy (non-hydrogen) atoms. The van der Waals surface area contributed by atoms with E-state index in [1.807, 2.05) is 37.4 Å². The third-order valence-corrected chi connectivity index (χ3v) is 2.92. The average molecular weight is 296 g/mol. The van der Waals surface area contributed by atoms with E-state index in [1.165, 1.54) is 12.1 Å². The summed E-state index contributed by atoms with van der Waals surface area (Å²) < 4.78 is 18.8. The predicted octanol–water partition coefficient (Wildman–Crippen LogP) is 3.98. The van der Waals surface area contributed by atoms with Crippen molar-refractivity contribution in [2.45, 2.75) is 12.5 Å². The van der Waals surface area contributed by atoms with Crippen molar-refractivity contribution >= 4 is 12.4 Å². The molecule has 4 heteroatoms. The van der Waals surface area contributed by atoms with Crippen LogP contribution in [0, 0.1) is 5.82 Å². The van der Waals surface area contributed by atoms with Crippen LogP contribution in [0.5, 0.6) is 5.75 Å². The van der Waals surface area contributed by atoms with Crippen LogP contribution in [0.3, 0.4) is 0 Å². The van der Waals surface area contributed by atoms with Gasteiger partial charge in [0.1, 0.15) is 17.7 Å². The molecule has 108 valence electrons. The lowest BCUT2D eigenvalue weighted by atomic mass is 10.1. The minimum atomic E-state index is -0.251. The van der Waals surface area contributed by atoms with E-state index >= 15 is 0 Å². The molecule has 0 heterocycles. The molecule has 0 bridgehead atoms. The summed E-state index contributed by atoms with van der Waals surface area (Å²) in [5.41, 5.74) is 1.13. The maximum absolute atomic E-state index is 12.9. The van der Waals surface area contributed by atoms with E-state index in [2.05, 4.69) is 5.32 Å². The summed E-state index contributed by atoms with van der Waals surface area (Å²) in [6.07, 6.45) is 0.830. The molecular formula is C16H19ClFNO. The minimum absolute atomic E-state index is 0. The van der Waals surface area contributed by atoms with Crippen molar-refractivity contribution in [2.24, 2.45) is 0 Å². The summed E-state index contributed by atoms with van der Waals surface area (Å²) in [4.78, 5) is 0. The van der Waals surface area contributed by atoms with Gasteiger partial charge in [-0.25, -0.2) is 4.39 Å². The Morgan fingerprint density at radius 2 is 1.70 bits per heavy atom. The molecule has 0 aliphatic rings. The summed E-state index contributed by atoms with van der Waals surface area (Å²) in [7, 11) is 1.92. The Hall–Kier alpha value is -1.58. The molecule has 0 saturated carbocycles. The van der Waals surface area contributed by atoms with Crippen molar-refractivity contribution in [3.63, 3.8) is 0 Å². The molecule has 0 radical (unpaired) electrons. The highest BCUT2D eigenvalue weighted by Gasteiger charge is 2.12. The molecule has 0 spiro atoms. The Bertz CT molecular complexity index is 490. The second-order valence-electron chi connectivity index (χ2n) is 4.36. The van der Waals surface area contributed by atoms with Gasteiger partial charge in [-0.15, -0.1) is 12.4 Å². The molecule has 0 aliphatic heterocycles. The van der Waals surface area contributed by atoms with Gasteiger partial charge in [-0.05, 0) is 43.4 Å². The Balaban J connectivity index is 0.00000200. The highest BCUT2D eigenvalue weighted by Crippen LogP contribution is 2.24. The fourth-order valence-corrected chi connectivity index (χ4v) is 1.91. The van der Waals surface area contributed by atoms with Gasteiger partial charge in [0.2, 0.25) is 0 Å². The predicted molar refractivity (Wildman–Crippen MR) is 82.0 cm³/mol. The van der Waals surface area contributed by atoms with Crippen LogP contribution in [0.2, 0.25) is 0 Å². The van der Waals surface area contributed by atoms with Crippen LogP contribution in [0.1, 0.15) is 18.1 Å². The molecule has 0 amide bonds. The largest absolute Gasteiger partial charge is 0.486 e. The topological polar surface area (TPSA) is 21.3 Å². The second-order valence-corrected chi connectivity index (χ2v) is 4.36. The summed E-state index contributed by atoms with van der Waals surface area (Å²) in [6, 6.07) is 16.2. The molecule has 2 aromatic carbocycles. The molecule has 0 fully saturated rings. The second kappa shape index (κ2) is 8.56. The zero-order chi connectivity index (χ0) is 13.5. The van der Waals surface area contributed by atoms with Crippen molar-refractivity contribution in [3.05, 3.63) is 66.0 Å². The lowest BCUT2D eigenvalue weighted by Gasteiger charge is -2.19. The molecule has 1 N–H and O–H groups in total. The maximum atomic E-state index is 12.9. The van der Waals surface area contributed by atoms with Crippen LogP contribution in [0.15, 0.2) is 54.6 Å². The first kappa shape index (κ1) is 16.5. The third kappa shape index (κ3) is 4.83. The zero-order valence-corrected chi connectivity index (χ0v) is 12.2. The van der Waals surface area contributed by atoms with Gasteiger partial charge in [0.05, 0.1) is 0 Å². The molecule has 2 nitrogen and oxygen atoms in total. The van der Waals surface area contributed by atoms with Gasteiger partial charge >= 0.3 is 0 Å². The van der Waals surface area contributed by atoms with Crippen molar-refractivity contribution in [1.29, 1.82) is 0 Å². The van der Waals surface area contributed by atoms with E-state index in [4.69, 9.17) is 4.74 Å². The number of benzene rings is 2. The van der Waals surface area contributed by atoms with Crippen molar-refractivity contribution < 1.29 is 9.13 Å². The van der Waals surface area contributed by atoms with Crippen LogP contribution >= 0.6 is 12.4 Å². The first-order valence-corrected chi connectivity index (χ1v) is 6.41. The fraction of sp³-hybridized carbons (Fsp3) is 0.250. The molecule has 0 saturated heterocycles. The standard InChI is InChI=1S/C16H18FNO.ClH/c1-18-12-11-16(13-5-3-2-4-6-13)19-15-9-7-14(17)8-10-15;/h2-10,16,18H,11-12H2,1H3;1H. The normalized spacial score (nSPS) is 11.5. The quantitative estimate of drug-likeness (QED) is 0.870. The zero-order valence-electron chi connectivity index (χ0n) is 11.4. The molecule has 1 unspecified atom stereocenters. The monoisotopic (exact) mass is 295 g/mol. The number of hydrogen-bond donors (Lipinski definition) is 1. The Labute approximate surface area is 125 Å². The summed E-state index contributed by atoms with van der Waals surface area (Å²) in [5, 5.41) is 3.12. The smallest absolute Gasteiger partial charge is 0.125 e. The number of nitrogens with one attached hydrogen (secondary N) is 1. The summed E-state index contributed by atoms with van der Waals surface area (Å²) >= 11 is 0. The van der Waals surface area contributed by atoms with Gasteiger partial charge < -0.3 is 10.1 Å². The SMILES string of the molecule is CNCCC(Oc1ccc(F)cc1)c1ccccc1.Cl. The highest BCUT2D eigenvalue weighted by molar-refractivity contribution is 5.85. The van der Waals surface area contributed by atoms with Crippen molar-refractivity contribution in [2.75, 3.05) is 13.6 Å². The van der Waals surface area contributed by atoms with E-state index in [9.17, 15) is 4.39 Å². The van der Waals surface area contributed by atoms with Gasteiger partial charge in [0.25, 0.3) is 0 Å². The van der Waals surface area contributed by atoms with Gasteiger partial charge in [0.15, 0.2) is 0 Å². The summed E-state index contributed by atoms with van der Waals surface area (Å²) in [5.74, 6) is 0.435. The third-order valence-electron chi connectivity index (χ3n) is 2.92. The Kier molecular flexibility index (Phi) is 7.05. The number of halogens is 2. The Morgan fingerprint density at radius 1 is 1.05 bits per heavy atom. The van der Waals surface area contributed by atoms with Gasteiger partial charge in [0, 0.05) is 6.42 Å². The summed E-state index contributed by atoms with van der Waals surface area (Å²) in [6.45, 7) is 0.862. The van der Waals surface area contributed by atoms with E-state index in [0.717, 1.165) is 18.5 Å². The Morgan fingerprint density at radius 3 is 2.30 bits per heavy atom. The van der Waals surface area contributed by atoms with Crippen LogP contribution < -0.4 is 10.1 Å². The maximum Gasteiger partial charge on any atom is 0.125 e. The van der Waals surface area contributed by atoms with Crippen LogP contribution in [0.4, 0.5) is 4.39 Å². The van der Waals surface area contributed by atoms with E-state index in [1.54, 1.807) is 12.1 Å². The number of rotatable bonds is 6. The van der Waals surface area contributed by atoms with Gasteiger partial charge in [-0.2, -0.15) is 0 Å². The van der Waals surface area contributed by atoms with Gasteiger partial charge in [-0.3, -0.25) is 0 Å². The van der Waals surface area contributed by atoms with Crippen LogP contribution in [0.25, 0.3) is 0 Å². The number of ether oxygens (including phenoxy) is 1. The first-order chi connectivity index (χ1) is 9.29. The lowest BCUT2D eigenvalue weighted by molar-refractivity contribution is 0.195. The molecule has 0 aromatic heterocycles. The van der Waals surface area contributed by atoms with Crippen molar-refractivity contribution in [3.8, 4) is 5.75 Å². The molecule has 2 aromatic rings. The van der Waals surface area contributed by atoms with Crippen LogP contribution in [-0.4, -0.2) is 13.6 Å². The van der Waals surface area contributed by atoms with E-state index in [0.29, 0.717) is 5.75 Å². The van der Waals surface area contributed by atoms with Crippen LogP contribution in [-0.2, 0) is 0 Å². The molecule has 2 rings (SSSR count). The van der Waals surface area contributed by atoms with E-state index < -0.39 is 0 Å².